The third-order valence-corrected chi connectivity index (χ3v) is 4.19. The predicted molar refractivity (Wildman–Crippen MR) is 92.8 cm³/mol. The van der Waals surface area contributed by atoms with Gasteiger partial charge in [0.15, 0.2) is 0 Å². The average Bonchev–Trinajstić information content (AvgIpc) is 2.28. The highest BCUT2D eigenvalue weighted by molar-refractivity contribution is 6.84. The first-order valence-corrected chi connectivity index (χ1v) is 13.8. The van der Waals surface area contributed by atoms with Crippen LogP contribution in [0, 0.1) is 22.9 Å². The SMILES string of the molecule is Cn1c(C#C[Si](C)(C)C)c(C#C[Si](C)(C)C)c(=O)[nH]c1=O. The van der Waals surface area contributed by atoms with Gasteiger partial charge in [-0.2, -0.15) is 0 Å². The molecule has 6 heteroatoms. The number of nitrogens with one attached hydrogen (secondary N) is 1. The fourth-order valence-corrected chi connectivity index (χ4v) is 2.37. The van der Waals surface area contributed by atoms with Crippen molar-refractivity contribution < 1.29 is 0 Å². The van der Waals surface area contributed by atoms with Crippen LogP contribution in [-0.2, 0) is 7.05 Å². The van der Waals surface area contributed by atoms with E-state index in [0.29, 0.717) is 11.3 Å². The van der Waals surface area contributed by atoms with Gasteiger partial charge in [0.2, 0.25) is 0 Å². The van der Waals surface area contributed by atoms with Gasteiger partial charge in [-0.05, 0) is 0 Å². The fourth-order valence-electron chi connectivity index (χ4n) is 1.38. The van der Waals surface area contributed by atoms with E-state index in [9.17, 15) is 9.59 Å². The maximum atomic E-state index is 12.0. The standard InChI is InChI=1S/C15H22N2O2Si2/c1-17-13(9-11-21(5,6)7)12(8-10-20(2,3)4)14(18)16-15(17)19/h1-7H3,(H,16,18,19). The molecule has 1 N–H and O–H groups in total. The highest BCUT2D eigenvalue weighted by atomic mass is 28.3. The lowest BCUT2D eigenvalue weighted by Crippen LogP contribution is -2.32. The average molecular weight is 319 g/mol. The van der Waals surface area contributed by atoms with Crippen molar-refractivity contribution in [2.24, 2.45) is 7.05 Å². The molecule has 4 nitrogen and oxygen atoms in total. The molecule has 0 aliphatic heterocycles. The topological polar surface area (TPSA) is 54.9 Å². The summed E-state index contributed by atoms with van der Waals surface area (Å²) in [5.41, 5.74) is 6.15. The summed E-state index contributed by atoms with van der Waals surface area (Å²) in [4.78, 5) is 26.1. The van der Waals surface area contributed by atoms with Gasteiger partial charge in [0.25, 0.3) is 5.56 Å². The minimum Gasteiger partial charge on any atom is -0.288 e. The van der Waals surface area contributed by atoms with Crippen LogP contribution >= 0.6 is 0 Å². The second-order valence-electron chi connectivity index (χ2n) is 7.04. The molecular weight excluding hydrogens is 296 g/mol. The molecule has 0 saturated carbocycles. The molecule has 0 fully saturated rings. The summed E-state index contributed by atoms with van der Waals surface area (Å²) >= 11 is 0. The third kappa shape index (κ3) is 5.26. The normalized spacial score (nSPS) is 11.2. The lowest BCUT2D eigenvalue weighted by atomic mass is 10.2. The number of rotatable bonds is 0. The van der Waals surface area contributed by atoms with E-state index >= 15 is 0 Å². The molecule has 0 aliphatic rings. The number of hydrogen-bond donors (Lipinski definition) is 1. The van der Waals surface area contributed by atoms with Crippen LogP contribution in [0.1, 0.15) is 11.3 Å². The molecule has 0 atom stereocenters. The molecule has 0 spiro atoms. The van der Waals surface area contributed by atoms with E-state index in [0.717, 1.165) is 0 Å². The van der Waals surface area contributed by atoms with Crippen molar-refractivity contribution in [3.8, 4) is 22.9 Å². The van der Waals surface area contributed by atoms with Gasteiger partial charge in [-0.15, -0.1) is 11.1 Å². The van der Waals surface area contributed by atoms with Crippen LogP contribution < -0.4 is 11.2 Å². The summed E-state index contributed by atoms with van der Waals surface area (Å²) < 4.78 is 1.36. The van der Waals surface area contributed by atoms with Gasteiger partial charge >= 0.3 is 5.69 Å². The molecule has 0 bridgehead atoms. The summed E-state index contributed by atoms with van der Waals surface area (Å²) in [7, 11) is -1.62. The first-order valence-electron chi connectivity index (χ1n) is 6.80. The van der Waals surface area contributed by atoms with Gasteiger partial charge < -0.3 is 0 Å². The first kappa shape index (κ1) is 17.3. The number of hydrogen-bond acceptors (Lipinski definition) is 2. The van der Waals surface area contributed by atoms with Gasteiger partial charge in [0, 0.05) is 7.05 Å². The van der Waals surface area contributed by atoms with Crippen LogP contribution in [0.3, 0.4) is 0 Å². The van der Waals surface area contributed by atoms with Crippen molar-refractivity contribution in [3.05, 3.63) is 32.1 Å². The van der Waals surface area contributed by atoms with Crippen molar-refractivity contribution in [1.82, 2.24) is 9.55 Å². The Morgan fingerprint density at radius 2 is 1.38 bits per heavy atom. The van der Waals surface area contributed by atoms with Crippen LogP contribution in [-0.4, -0.2) is 25.7 Å². The molecule has 1 heterocycles. The number of nitrogens with zero attached hydrogens (tertiary/aromatic N) is 1. The molecule has 0 aliphatic carbocycles. The number of H-pyrrole nitrogens is 1. The van der Waals surface area contributed by atoms with Crippen LogP contribution in [0.15, 0.2) is 9.59 Å². The van der Waals surface area contributed by atoms with Crippen LogP contribution in [0.5, 0.6) is 0 Å². The summed E-state index contributed by atoms with van der Waals surface area (Å²) in [6.07, 6.45) is 0. The van der Waals surface area contributed by atoms with Gasteiger partial charge in [0.1, 0.15) is 27.4 Å². The van der Waals surface area contributed by atoms with E-state index < -0.39 is 27.4 Å². The molecule has 0 saturated heterocycles. The molecule has 0 unspecified atom stereocenters. The Labute approximate surface area is 127 Å². The monoisotopic (exact) mass is 318 g/mol. The van der Waals surface area contributed by atoms with E-state index in [1.807, 2.05) is 0 Å². The highest BCUT2D eigenvalue weighted by Crippen LogP contribution is 2.03. The molecule has 1 aromatic heterocycles. The summed E-state index contributed by atoms with van der Waals surface area (Å²) in [5.74, 6) is 5.95. The number of aromatic amines is 1. The Balaban J connectivity index is 3.66. The maximum Gasteiger partial charge on any atom is 0.329 e. The summed E-state index contributed by atoms with van der Waals surface area (Å²) in [6, 6.07) is 0. The molecule has 112 valence electrons. The molecule has 21 heavy (non-hydrogen) atoms. The summed E-state index contributed by atoms with van der Waals surface area (Å²) in [6.45, 7) is 12.6. The second kappa shape index (κ2) is 5.92. The van der Waals surface area contributed by atoms with E-state index in [1.54, 1.807) is 7.05 Å². The van der Waals surface area contributed by atoms with E-state index in [4.69, 9.17) is 0 Å². The Morgan fingerprint density at radius 1 is 0.905 bits per heavy atom. The van der Waals surface area contributed by atoms with Gasteiger partial charge in [0.05, 0.1) is 0 Å². The first-order chi connectivity index (χ1) is 9.41. The predicted octanol–water partition coefficient (Wildman–Crippen LogP) is 1.53. The zero-order valence-corrected chi connectivity index (χ0v) is 15.8. The third-order valence-electron chi connectivity index (χ3n) is 2.44. The largest absolute Gasteiger partial charge is 0.329 e. The highest BCUT2D eigenvalue weighted by Gasteiger charge is 2.13. The van der Waals surface area contributed by atoms with Crippen molar-refractivity contribution in [2.45, 2.75) is 39.3 Å². The molecular formula is C15H22N2O2Si2. The molecule has 0 amide bonds. The lowest BCUT2D eigenvalue weighted by Gasteiger charge is -2.07. The molecule has 1 aromatic rings. The van der Waals surface area contributed by atoms with Gasteiger partial charge in [-0.25, -0.2) is 4.79 Å². The Kier molecular flexibility index (Phi) is 4.88. The smallest absolute Gasteiger partial charge is 0.288 e. The van der Waals surface area contributed by atoms with E-state index in [2.05, 4.69) is 67.2 Å². The van der Waals surface area contributed by atoms with Crippen molar-refractivity contribution >= 4 is 16.1 Å². The van der Waals surface area contributed by atoms with Gasteiger partial charge in [-0.1, -0.05) is 51.1 Å². The van der Waals surface area contributed by atoms with Crippen molar-refractivity contribution in [3.63, 3.8) is 0 Å². The van der Waals surface area contributed by atoms with E-state index in [1.165, 1.54) is 4.57 Å². The van der Waals surface area contributed by atoms with Crippen LogP contribution in [0.25, 0.3) is 0 Å². The Bertz CT molecular complexity index is 782. The van der Waals surface area contributed by atoms with Crippen molar-refractivity contribution in [2.75, 3.05) is 0 Å². The van der Waals surface area contributed by atoms with Crippen LogP contribution in [0.2, 0.25) is 39.3 Å². The zero-order chi connectivity index (χ0) is 16.4. The van der Waals surface area contributed by atoms with Crippen LogP contribution in [0.4, 0.5) is 0 Å². The van der Waals surface area contributed by atoms with Crippen molar-refractivity contribution in [1.29, 1.82) is 0 Å². The minimum atomic E-state index is -1.62. The maximum absolute atomic E-state index is 12.0. The molecule has 0 aromatic carbocycles. The minimum absolute atomic E-state index is 0.297. The molecule has 0 radical (unpaired) electrons. The summed E-state index contributed by atoms with van der Waals surface area (Å²) in [5, 5.41) is 0. The van der Waals surface area contributed by atoms with E-state index in [-0.39, 0.29) is 0 Å². The second-order valence-corrected chi connectivity index (χ2v) is 16.5. The fraction of sp³-hybridized carbons (Fsp3) is 0.467. The molecule has 1 rings (SSSR count). The Morgan fingerprint density at radius 3 is 1.86 bits per heavy atom. The zero-order valence-electron chi connectivity index (χ0n) is 13.8. The lowest BCUT2D eigenvalue weighted by molar-refractivity contribution is 0.783. The Hall–Kier alpha value is -1.77. The number of aromatic nitrogens is 2. The van der Waals surface area contributed by atoms with Gasteiger partial charge in [-0.3, -0.25) is 14.3 Å². The quantitative estimate of drug-likeness (QED) is 0.582.